The summed E-state index contributed by atoms with van der Waals surface area (Å²) in [5.41, 5.74) is 7.04. The molecule has 0 radical (unpaired) electrons. The lowest BCUT2D eigenvalue weighted by Crippen LogP contribution is -2.36. The Balaban J connectivity index is 0.000000151. The number of rotatable bonds is 9. The van der Waals surface area contributed by atoms with Crippen LogP contribution in [0.4, 0.5) is 4.39 Å². The minimum Gasteiger partial charge on any atom is -0.465 e. The first kappa shape index (κ1) is 38.9. The molecule has 1 aliphatic carbocycles. The Morgan fingerprint density at radius 1 is 1.09 bits per heavy atom. The number of fused-ring (bicyclic) bond motifs is 3. The van der Waals surface area contributed by atoms with Crippen molar-refractivity contribution in [1.82, 2.24) is 14.6 Å². The highest BCUT2D eigenvalue weighted by Gasteiger charge is 2.57. The van der Waals surface area contributed by atoms with Gasteiger partial charge in [0.15, 0.2) is 8.30 Å². The summed E-state index contributed by atoms with van der Waals surface area (Å²) in [5.74, 6) is 2.21. The molecule has 5 aliphatic rings. The van der Waals surface area contributed by atoms with Crippen LogP contribution in [-0.2, 0) is 14.3 Å². The molecule has 0 bridgehead atoms. The smallest absolute Gasteiger partial charge is 0.323 e. The van der Waals surface area contributed by atoms with Gasteiger partial charge >= 0.3 is 5.97 Å². The van der Waals surface area contributed by atoms with Crippen LogP contribution in [0.3, 0.4) is 0 Å². The van der Waals surface area contributed by atoms with Crippen molar-refractivity contribution in [2.24, 2.45) is 17.6 Å². The zero-order valence-electron chi connectivity index (χ0n) is 31.2. The van der Waals surface area contributed by atoms with Crippen LogP contribution >= 0.6 is 19.6 Å². The number of pyridine rings is 1. The van der Waals surface area contributed by atoms with Gasteiger partial charge in [-0.05, 0) is 109 Å². The van der Waals surface area contributed by atoms with Gasteiger partial charge in [-0.1, -0.05) is 31.2 Å². The standard InChI is InChI=1S/C22H23N2O4PS.C11H17NO.C8H8FN2O/c1-3-11-27-22(26)14(2)24-21(29(24)28-17-7-5-4-6-8-17)15-9-10-18-16(12-15)13-19(30-18)20(23)25;13-11-4-3-8-6-9(8)7-10-2-1-5-12(10)11;9-8-1-2-10-3-7(8)6-4-11(12)5-6/h4-10,12-14,21H,3,11H2,1-2H3,(H2,23,25);8-10H,1-7H2;1-3,6H,4-5H2/q;;+1/t;8?,9?,10-;/m.1./s1. The largest absolute Gasteiger partial charge is 0.465 e. The average Bonchev–Trinajstić information content (AvgIpc) is 3.94. The van der Waals surface area contributed by atoms with Gasteiger partial charge in [-0.2, -0.15) is 0 Å². The summed E-state index contributed by atoms with van der Waals surface area (Å²) in [7, 11) is -1.03. The second-order valence-electron chi connectivity index (χ2n) is 14.9. The maximum absolute atomic E-state index is 13.0. The molecule has 2 aromatic carbocycles. The zero-order valence-corrected chi connectivity index (χ0v) is 32.9. The van der Waals surface area contributed by atoms with Crippen LogP contribution in [0.5, 0.6) is 5.75 Å². The molecule has 6 unspecified atom stereocenters. The number of halogens is 1. The molecule has 6 heterocycles. The molecular formula is C41H48FN5O6PS+. The molecule has 2 N–H and O–H groups in total. The number of aromatic nitrogens is 1. The Labute approximate surface area is 325 Å². The second-order valence-corrected chi connectivity index (χ2v) is 17.8. The van der Waals surface area contributed by atoms with E-state index >= 15 is 0 Å². The van der Waals surface area contributed by atoms with Crippen LogP contribution in [0.1, 0.15) is 91.3 Å². The number of ether oxygens (including phenoxy) is 1. The number of carbonyl (C=O) groups excluding carboxylic acids is 3. The molecule has 7 atom stereocenters. The number of hydrogen-bond donors (Lipinski definition) is 1. The first-order valence-corrected chi connectivity index (χ1v) is 21.3. The van der Waals surface area contributed by atoms with Crippen molar-refractivity contribution >= 4 is 47.5 Å². The van der Waals surface area contributed by atoms with Crippen molar-refractivity contribution in [3.63, 3.8) is 0 Å². The number of primary amides is 1. The van der Waals surface area contributed by atoms with E-state index in [0.717, 1.165) is 57.4 Å². The third-order valence-corrected chi connectivity index (χ3v) is 14.3. The maximum atomic E-state index is 13.0. The van der Waals surface area contributed by atoms with Crippen molar-refractivity contribution < 1.29 is 32.8 Å². The van der Waals surface area contributed by atoms with E-state index in [1.165, 1.54) is 61.9 Å². The Hall–Kier alpha value is -4.32. The summed E-state index contributed by atoms with van der Waals surface area (Å²) >= 11 is 1.38. The van der Waals surface area contributed by atoms with Gasteiger partial charge in [-0.3, -0.25) is 19.4 Å². The van der Waals surface area contributed by atoms with Crippen molar-refractivity contribution in [3.05, 3.63) is 99.8 Å². The predicted octanol–water partition coefficient (Wildman–Crippen LogP) is 7.94. The normalized spacial score (nSPS) is 25.7. The summed E-state index contributed by atoms with van der Waals surface area (Å²) in [6.45, 7) is 6.07. The fraction of sp³-hybridized carbons (Fsp3) is 0.463. The zero-order chi connectivity index (χ0) is 38.6. The third kappa shape index (κ3) is 9.22. The van der Waals surface area contributed by atoms with Crippen LogP contribution in [-0.4, -0.2) is 75.4 Å². The van der Waals surface area contributed by atoms with E-state index in [4.69, 9.17) is 15.0 Å². The highest BCUT2D eigenvalue weighted by molar-refractivity contribution is 7.57. The quantitative estimate of drug-likeness (QED) is 0.0782. The number of benzene rings is 2. The van der Waals surface area contributed by atoms with Crippen molar-refractivity contribution in [2.45, 2.75) is 82.6 Å². The van der Waals surface area contributed by atoms with E-state index in [1.54, 1.807) is 0 Å². The molecule has 1 saturated carbocycles. The number of thiophene rings is 1. The van der Waals surface area contributed by atoms with E-state index in [1.807, 2.05) is 62.4 Å². The predicted molar refractivity (Wildman–Crippen MR) is 210 cm³/mol. The van der Waals surface area contributed by atoms with Crippen LogP contribution in [0, 0.1) is 22.6 Å². The monoisotopic (exact) mass is 788 g/mol. The lowest BCUT2D eigenvalue weighted by atomic mass is 9.95. The van der Waals surface area contributed by atoms with E-state index in [2.05, 4.69) is 20.6 Å². The number of nitrogens with two attached hydrogens (primary N) is 1. The summed E-state index contributed by atoms with van der Waals surface area (Å²) in [4.78, 5) is 52.8. The molecule has 2 aromatic heterocycles. The minimum atomic E-state index is -1.03. The minimum absolute atomic E-state index is 0.0225. The molecule has 9 rings (SSSR count). The van der Waals surface area contributed by atoms with Crippen molar-refractivity contribution in [2.75, 3.05) is 26.2 Å². The summed E-state index contributed by atoms with van der Waals surface area (Å²) in [5, 5.41) is 0.967. The third-order valence-electron chi connectivity index (χ3n) is 11.0. The van der Waals surface area contributed by atoms with E-state index < -0.39 is 20.2 Å². The van der Waals surface area contributed by atoms with Crippen LogP contribution in [0.15, 0.2) is 73.1 Å². The number of para-hydroxylation sites is 1. The topological polar surface area (TPSA) is 135 Å². The van der Waals surface area contributed by atoms with Crippen LogP contribution in [0.25, 0.3) is 10.1 Å². The van der Waals surface area contributed by atoms with Gasteiger partial charge in [-0.15, -0.1) is 11.3 Å². The number of nitroso groups, excluding NO2 is 1. The van der Waals surface area contributed by atoms with Gasteiger partial charge < -0.3 is 19.9 Å². The molecule has 11 nitrogen and oxygen atoms in total. The Kier molecular flexibility index (Phi) is 12.2. The van der Waals surface area contributed by atoms with Gasteiger partial charge in [0, 0.05) is 46.6 Å². The van der Waals surface area contributed by atoms with Crippen molar-refractivity contribution in [1.29, 1.82) is 0 Å². The molecule has 290 valence electrons. The van der Waals surface area contributed by atoms with Gasteiger partial charge in [0.05, 0.1) is 11.5 Å². The van der Waals surface area contributed by atoms with Gasteiger partial charge in [-0.25, -0.2) is 9.06 Å². The summed E-state index contributed by atoms with van der Waals surface area (Å²) < 4.78 is 28.6. The average molecular weight is 789 g/mol. The van der Waals surface area contributed by atoms with Gasteiger partial charge in [0.2, 0.25) is 19.0 Å². The number of carbonyl (C=O) groups is 3. The highest BCUT2D eigenvalue weighted by Crippen LogP contribution is 2.75. The molecule has 14 heteroatoms. The first-order valence-electron chi connectivity index (χ1n) is 19.2. The fourth-order valence-corrected chi connectivity index (χ4v) is 10.9. The van der Waals surface area contributed by atoms with Crippen LogP contribution < -0.4 is 10.3 Å². The summed E-state index contributed by atoms with van der Waals surface area (Å²) in [6.07, 6.45) is 10.9. The number of hydrogen-bond acceptors (Lipinski definition) is 9. The number of esters is 1. The number of nitrogens with zero attached hydrogens (tertiary/aromatic N) is 4. The Morgan fingerprint density at radius 3 is 2.62 bits per heavy atom. The molecule has 2 amide bonds. The number of amides is 2. The lowest BCUT2D eigenvalue weighted by molar-refractivity contribution is -0.611. The SMILES string of the molecule is CCCOC(=O)C(C)N1C(c2ccc3sc(C(N)=O)cc3c2)P1Oc1ccccc1.O=C1CCC2CC2C[C@H]2CCCN12.O=[N+]1CC(c2cnccc2F)C1. The molecule has 4 aromatic rings. The Bertz CT molecular complexity index is 2030. The molecule has 5 fully saturated rings. The second kappa shape index (κ2) is 17.2. The van der Waals surface area contributed by atoms with E-state index in [9.17, 15) is 23.7 Å². The molecule has 55 heavy (non-hydrogen) atoms. The molecular weight excluding hydrogens is 741 g/mol. The van der Waals surface area contributed by atoms with Crippen LogP contribution in [0.2, 0.25) is 0 Å². The molecule has 0 spiro atoms. The first-order chi connectivity index (χ1) is 26.6. The van der Waals surface area contributed by atoms with E-state index in [0.29, 0.717) is 42.1 Å². The Morgan fingerprint density at radius 2 is 1.89 bits per heavy atom. The summed E-state index contributed by atoms with van der Waals surface area (Å²) in [6, 6.07) is 19.1. The molecule has 4 aliphatic heterocycles. The highest BCUT2D eigenvalue weighted by atomic mass is 32.1. The van der Waals surface area contributed by atoms with Crippen molar-refractivity contribution in [3.8, 4) is 5.75 Å². The molecule has 4 saturated heterocycles. The van der Waals surface area contributed by atoms with Gasteiger partial charge in [0.25, 0.3) is 5.91 Å². The van der Waals surface area contributed by atoms with E-state index in [-0.39, 0.29) is 23.5 Å². The fourth-order valence-electron chi connectivity index (χ4n) is 7.78. The maximum Gasteiger partial charge on any atom is 0.323 e. The van der Waals surface area contributed by atoms with Gasteiger partial charge in [0.1, 0.15) is 29.3 Å². The lowest BCUT2D eigenvalue weighted by Gasteiger charge is -2.26.